The highest BCUT2D eigenvalue weighted by molar-refractivity contribution is 5.79. The lowest BCUT2D eigenvalue weighted by Gasteiger charge is -2.35. The van der Waals surface area contributed by atoms with Gasteiger partial charge in [-0.1, -0.05) is 5.16 Å². The van der Waals surface area contributed by atoms with E-state index in [9.17, 15) is 9.59 Å². The molecule has 0 aliphatic carbocycles. The van der Waals surface area contributed by atoms with Crippen LogP contribution in [0.25, 0.3) is 0 Å². The highest BCUT2D eigenvalue weighted by atomic mass is 16.5. The molecule has 0 radical (unpaired) electrons. The molecular weight excluding hydrogens is 284 g/mol. The van der Waals surface area contributed by atoms with Gasteiger partial charge in [-0.15, -0.1) is 0 Å². The third-order valence-corrected chi connectivity index (χ3v) is 3.86. The summed E-state index contributed by atoms with van der Waals surface area (Å²) in [6, 6.07) is 1.83. The van der Waals surface area contributed by atoms with Crippen LogP contribution in [0, 0.1) is 6.92 Å². The van der Waals surface area contributed by atoms with Gasteiger partial charge in [0.2, 0.25) is 11.8 Å². The lowest BCUT2D eigenvalue weighted by molar-refractivity contribution is -0.134. The molecule has 1 aliphatic heterocycles. The van der Waals surface area contributed by atoms with Crippen molar-refractivity contribution < 1.29 is 14.1 Å². The van der Waals surface area contributed by atoms with Crippen LogP contribution >= 0.6 is 0 Å². The van der Waals surface area contributed by atoms with E-state index in [0.717, 1.165) is 25.8 Å². The predicted octanol–water partition coefficient (Wildman–Crippen LogP) is 0.372. The molecule has 1 aliphatic rings. The van der Waals surface area contributed by atoms with Gasteiger partial charge in [0.25, 0.3) is 0 Å². The standard InChI is InChI=1S/C15H24N4O3/c1-11-8-12(18-22-11)9-15(21)19-7-3-2-4-13(19)10-17-14(20)5-6-16/h8,13H,2-7,9-10,16H2,1H3,(H,17,20). The molecule has 1 saturated heterocycles. The number of hydrogen-bond acceptors (Lipinski definition) is 5. The third kappa shape index (κ3) is 4.56. The number of carbonyl (C=O) groups is 2. The lowest BCUT2D eigenvalue weighted by atomic mass is 10.0. The van der Waals surface area contributed by atoms with E-state index < -0.39 is 0 Å². The number of aromatic nitrogens is 1. The van der Waals surface area contributed by atoms with Crippen LogP contribution in [0.1, 0.15) is 37.1 Å². The maximum atomic E-state index is 12.5. The van der Waals surface area contributed by atoms with Crippen molar-refractivity contribution in [2.24, 2.45) is 5.73 Å². The fourth-order valence-corrected chi connectivity index (χ4v) is 2.75. The summed E-state index contributed by atoms with van der Waals surface area (Å²) in [5.41, 5.74) is 6.01. The smallest absolute Gasteiger partial charge is 0.229 e. The third-order valence-electron chi connectivity index (χ3n) is 3.86. The van der Waals surface area contributed by atoms with Crippen molar-refractivity contribution >= 4 is 11.8 Å². The SMILES string of the molecule is Cc1cc(CC(=O)N2CCCCC2CNC(=O)CCN)no1. The first-order chi connectivity index (χ1) is 10.6. The molecule has 0 bridgehead atoms. The number of nitrogens with one attached hydrogen (secondary N) is 1. The number of carbonyl (C=O) groups excluding carboxylic acids is 2. The van der Waals surface area contributed by atoms with Crippen LogP contribution < -0.4 is 11.1 Å². The number of nitrogens with two attached hydrogens (primary N) is 1. The van der Waals surface area contributed by atoms with E-state index in [1.165, 1.54) is 0 Å². The molecule has 1 unspecified atom stereocenters. The Morgan fingerprint density at radius 1 is 1.50 bits per heavy atom. The molecule has 122 valence electrons. The second-order valence-corrected chi connectivity index (χ2v) is 5.69. The molecule has 1 aromatic heterocycles. The van der Waals surface area contributed by atoms with Crippen molar-refractivity contribution in [1.82, 2.24) is 15.4 Å². The molecule has 0 spiro atoms. The molecule has 0 aromatic carbocycles. The monoisotopic (exact) mass is 308 g/mol. The molecule has 7 nitrogen and oxygen atoms in total. The Morgan fingerprint density at radius 2 is 2.32 bits per heavy atom. The molecule has 1 aromatic rings. The highest BCUT2D eigenvalue weighted by Gasteiger charge is 2.27. The quantitative estimate of drug-likeness (QED) is 0.790. The summed E-state index contributed by atoms with van der Waals surface area (Å²) in [4.78, 5) is 25.9. The Labute approximate surface area is 130 Å². The van der Waals surface area contributed by atoms with Crippen LogP contribution in [-0.2, 0) is 16.0 Å². The number of aryl methyl sites for hydroxylation is 1. The van der Waals surface area contributed by atoms with E-state index in [4.69, 9.17) is 10.3 Å². The first-order valence-electron chi connectivity index (χ1n) is 7.78. The molecule has 2 rings (SSSR count). The topological polar surface area (TPSA) is 101 Å². The van der Waals surface area contributed by atoms with E-state index in [-0.39, 0.29) is 24.3 Å². The average molecular weight is 308 g/mol. The molecule has 7 heteroatoms. The van der Waals surface area contributed by atoms with E-state index in [0.29, 0.717) is 31.0 Å². The Kier molecular flexibility index (Phi) is 5.94. The summed E-state index contributed by atoms with van der Waals surface area (Å²) in [5, 5.41) is 6.73. The zero-order valence-electron chi connectivity index (χ0n) is 13.0. The molecular formula is C15H24N4O3. The van der Waals surface area contributed by atoms with E-state index in [1.54, 1.807) is 13.0 Å². The molecule has 3 N–H and O–H groups in total. The van der Waals surface area contributed by atoms with Gasteiger partial charge in [0.1, 0.15) is 5.76 Å². The van der Waals surface area contributed by atoms with E-state index in [2.05, 4.69) is 10.5 Å². The van der Waals surface area contributed by atoms with E-state index >= 15 is 0 Å². The first kappa shape index (κ1) is 16.5. The fourth-order valence-electron chi connectivity index (χ4n) is 2.75. The fraction of sp³-hybridized carbons (Fsp3) is 0.667. The number of amides is 2. The number of hydrogen-bond donors (Lipinski definition) is 2. The molecule has 2 heterocycles. The van der Waals surface area contributed by atoms with Crippen molar-refractivity contribution in [2.45, 2.75) is 45.1 Å². The van der Waals surface area contributed by atoms with Crippen LogP contribution in [0.15, 0.2) is 10.6 Å². The van der Waals surface area contributed by atoms with E-state index in [1.807, 2.05) is 4.90 Å². The number of rotatable bonds is 6. The highest BCUT2D eigenvalue weighted by Crippen LogP contribution is 2.18. The van der Waals surface area contributed by atoms with Crippen LogP contribution in [-0.4, -0.2) is 47.5 Å². The lowest BCUT2D eigenvalue weighted by Crippen LogP contribution is -2.50. The zero-order valence-corrected chi connectivity index (χ0v) is 13.0. The summed E-state index contributed by atoms with van der Waals surface area (Å²) in [6.45, 7) is 3.36. The summed E-state index contributed by atoms with van der Waals surface area (Å²) < 4.78 is 5.00. The Morgan fingerprint density at radius 3 is 3.00 bits per heavy atom. The van der Waals surface area contributed by atoms with Crippen molar-refractivity contribution in [1.29, 1.82) is 0 Å². The minimum atomic E-state index is -0.0624. The van der Waals surface area contributed by atoms with Crippen LogP contribution in [0.5, 0.6) is 0 Å². The second-order valence-electron chi connectivity index (χ2n) is 5.69. The molecule has 0 saturated carbocycles. The van der Waals surface area contributed by atoms with Crippen LogP contribution in [0.4, 0.5) is 0 Å². The summed E-state index contributed by atoms with van der Waals surface area (Å²) >= 11 is 0. The number of piperidine rings is 1. The zero-order chi connectivity index (χ0) is 15.9. The maximum absolute atomic E-state index is 12.5. The largest absolute Gasteiger partial charge is 0.361 e. The Bertz CT molecular complexity index is 515. The van der Waals surface area contributed by atoms with Crippen molar-refractivity contribution in [3.8, 4) is 0 Å². The Hall–Kier alpha value is -1.89. The van der Waals surface area contributed by atoms with Gasteiger partial charge < -0.3 is 20.5 Å². The van der Waals surface area contributed by atoms with Crippen molar-refractivity contribution in [3.63, 3.8) is 0 Å². The van der Waals surface area contributed by atoms with Gasteiger partial charge in [-0.25, -0.2) is 0 Å². The summed E-state index contributed by atoms with van der Waals surface area (Å²) in [6.07, 6.45) is 3.54. The second kappa shape index (κ2) is 7.93. The van der Waals surface area contributed by atoms with Gasteiger partial charge in [-0.2, -0.15) is 0 Å². The molecule has 22 heavy (non-hydrogen) atoms. The van der Waals surface area contributed by atoms with Crippen molar-refractivity contribution in [2.75, 3.05) is 19.6 Å². The van der Waals surface area contributed by atoms with Crippen molar-refractivity contribution in [3.05, 3.63) is 17.5 Å². The maximum Gasteiger partial charge on any atom is 0.229 e. The summed E-state index contributed by atoms with van der Waals surface area (Å²) in [5.74, 6) is 0.672. The summed E-state index contributed by atoms with van der Waals surface area (Å²) in [7, 11) is 0. The number of nitrogens with zero attached hydrogens (tertiary/aromatic N) is 2. The van der Waals surface area contributed by atoms with Gasteiger partial charge in [0.05, 0.1) is 12.1 Å². The van der Waals surface area contributed by atoms with Gasteiger partial charge >= 0.3 is 0 Å². The normalized spacial score (nSPS) is 18.3. The van der Waals surface area contributed by atoms with Gasteiger partial charge in [-0.3, -0.25) is 9.59 Å². The molecule has 1 fully saturated rings. The van der Waals surface area contributed by atoms with Crippen LogP contribution in [0.3, 0.4) is 0 Å². The minimum absolute atomic E-state index is 0.0334. The van der Waals surface area contributed by atoms with Gasteiger partial charge in [-0.05, 0) is 26.2 Å². The van der Waals surface area contributed by atoms with Crippen LogP contribution in [0.2, 0.25) is 0 Å². The average Bonchev–Trinajstić information content (AvgIpc) is 2.91. The molecule has 2 amide bonds. The van der Waals surface area contributed by atoms with Gasteiger partial charge in [0, 0.05) is 38.2 Å². The predicted molar refractivity (Wildman–Crippen MR) is 81.0 cm³/mol. The van der Waals surface area contributed by atoms with Gasteiger partial charge in [0.15, 0.2) is 0 Å². The molecule has 1 atom stereocenters. The first-order valence-corrected chi connectivity index (χ1v) is 7.78. The Balaban J connectivity index is 1.90. The minimum Gasteiger partial charge on any atom is -0.361 e. The number of likely N-dealkylation sites (tertiary alicyclic amines) is 1.